The monoisotopic (exact) mass is 476 g/mol. The number of rotatable bonds is 6. The third-order valence-electron chi connectivity index (χ3n) is 8.09. The van der Waals surface area contributed by atoms with E-state index in [-0.39, 0.29) is 37.3 Å². The average Bonchev–Trinajstić information content (AvgIpc) is 3.40. The first-order valence-corrected chi connectivity index (χ1v) is 12.5. The van der Waals surface area contributed by atoms with Crippen LogP contribution in [-0.2, 0) is 14.3 Å². The highest BCUT2D eigenvalue weighted by molar-refractivity contribution is 5.82. The van der Waals surface area contributed by atoms with Gasteiger partial charge in [-0.2, -0.15) is 0 Å². The molecular weight excluding hydrogens is 444 g/mol. The van der Waals surface area contributed by atoms with Crippen molar-refractivity contribution in [2.24, 2.45) is 11.3 Å². The summed E-state index contributed by atoms with van der Waals surface area (Å²) >= 11 is 0. The number of benzene rings is 2. The fourth-order valence-electron chi connectivity index (χ4n) is 6.28. The number of amides is 2. The zero-order chi connectivity index (χ0) is 24.6. The van der Waals surface area contributed by atoms with Gasteiger partial charge in [-0.25, -0.2) is 4.79 Å². The van der Waals surface area contributed by atoms with Crippen LogP contribution < -0.4 is 5.32 Å². The second kappa shape index (κ2) is 9.36. The molecule has 3 atom stereocenters. The molecule has 2 aliphatic carbocycles. The normalized spacial score (nSPS) is 23.7. The molecule has 7 heteroatoms. The van der Waals surface area contributed by atoms with E-state index in [0.717, 1.165) is 30.4 Å². The quantitative estimate of drug-likeness (QED) is 0.644. The number of nitrogens with one attached hydrogen (secondary N) is 1. The summed E-state index contributed by atoms with van der Waals surface area (Å²) in [6, 6.07) is 15.9. The molecule has 35 heavy (non-hydrogen) atoms. The summed E-state index contributed by atoms with van der Waals surface area (Å²) < 4.78 is 5.59. The zero-order valence-corrected chi connectivity index (χ0v) is 20.0. The number of alkyl carbamates (subject to hydrolysis) is 1. The summed E-state index contributed by atoms with van der Waals surface area (Å²) in [5.74, 6) is -0.915. The molecule has 0 spiro atoms. The van der Waals surface area contributed by atoms with Crippen LogP contribution in [0.3, 0.4) is 0 Å². The van der Waals surface area contributed by atoms with Crippen molar-refractivity contribution in [3.8, 4) is 11.1 Å². The summed E-state index contributed by atoms with van der Waals surface area (Å²) in [7, 11) is 0. The molecular formula is C28H32N2O5. The van der Waals surface area contributed by atoms with Gasteiger partial charge in [-0.05, 0) is 47.9 Å². The molecule has 1 heterocycles. The summed E-state index contributed by atoms with van der Waals surface area (Å²) in [5, 5.41) is 12.6. The van der Waals surface area contributed by atoms with E-state index in [4.69, 9.17) is 4.74 Å². The Bertz CT molecular complexity index is 1100. The van der Waals surface area contributed by atoms with Crippen molar-refractivity contribution in [3.05, 3.63) is 59.7 Å². The molecule has 2 unspecified atom stereocenters. The van der Waals surface area contributed by atoms with Crippen molar-refractivity contribution in [3.63, 3.8) is 0 Å². The Morgan fingerprint density at radius 2 is 1.74 bits per heavy atom. The van der Waals surface area contributed by atoms with Crippen molar-refractivity contribution in [2.45, 2.75) is 51.0 Å². The number of carbonyl (C=O) groups excluding carboxylic acids is 2. The number of likely N-dealkylation sites (tertiary alicyclic amines) is 1. The van der Waals surface area contributed by atoms with Crippen LogP contribution >= 0.6 is 0 Å². The van der Waals surface area contributed by atoms with Crippen molar-refractivity contribution in [1.29, 1.82) is 0 Å². The SMILES string of the molecule is C[C@@H](CC(=O)N1CC2CCCCC2(C(=O)O)C1)NC(=O)OCC1c2ccccc2-c2ccccc21. The minimum absolute atomic E-state index is 0.0168. The standard InChI is InChI=1S/C28H32N2O5/c1-18(14-25(31)30-15-19-8-6-7-13-28(19,17-30)26(32)33)29-27(34)35-16-24-22-11-4-2-9-20(22)21-10-3-5-12-23(21)24/h2-5,9-12,18-19,24H,6-8,13-17H2,1H3,(H,29,34)(H,32,33)/t18-,19?,28?/m0/s1. The molecule has 5 rings (SSSR count). The number of hydrogen-bond donors (Lipinski definition) is 2. The topological polar surface area (TPSA) is 95.9 Å². The van der Waals surface area contributed by atoms with Crippen LogP contribution in [0.1, 0.15) is 56.1 Å². The molecule has 2 N–H and O–H groups in total. The molecule has 2 fully saturated rings. The van der Waals surface area contributed by atoms with Crippen LogP contribution in [0.2, 0.25) is 0 Å². The Morgan fingerprint density at radius 3 is 2.37 bits per heavy atom. The van der Waals surface area contributed by atoms with E-state index >= 15 is 0 Å². The molecule has 1 aliphatic heterocycles. The predicted octanol–water partition coefficient (Wildman–Crippen LogP) is 4.41. The van der Waals surface area contributed by atoms with Crippen molar-refractivity contribution in [1.82, 2.24) is 10.2 Å². The van der Waals surface area contributed by atoms with Gasteiger partial charge in [0.2, 0.25) is 5.91 Å². The molecule has 0 radical (unpaired) electrons. The minimum Gasteiger partial charge on any atom is -0.481 e. The van der Waals surface area contributed by atoms with Gasteiger partial charge in [-0.3, -0.25) is 9.59 Å². The Kier molecular flexibility index (Phi) is 6.26. The van der Waals surface area contributed by atoms with Gasteiger partial charge in [0.1, 0.15) is 6.61 Å². The van der Waals surface area contributed by atoms with Gasteiger partial charge in [0.25, 0.3) is 0 Å². The second-order valence-electron chi connectivity index (χ2n) is 10.3. The Labute approximate surface area is 205 Å². The first-order chi connectivity index (χ1) is 16.9. The number of carboxylic acids is 1. The summed E-state index contributed by atoms with van der Waals surface area (Å²) in [6.45, 7) is 2.75. The maximum atomic E-state index is 12.9. The van der Waals surface area contributed by atoms with Crippen LogP contribution in [0, 0.1) is 11.3 Å². The van der Waals surface area contributed by atoms with Crippen molar-refractivity contribution >= 4 is 18.0 Å². The van der Waals surface area contributed by atoms with Crippen molar-refractivity contribution < 1.29 is 24.2 Å². The predicted molar refractivity (Wildman–Crippen MR) is 131 cm³/mol. The highest BCUT2D eigenvalue weighted by atomic mass is 16.5. The molecule has 0 bridgehead atoms. The van der Waals surface area contributed by atoms with E-state index in [1.807, 2.05) is 24.3 Å². The lowest BCUT2D eigenvalue weighted by Crippen LogP contribution is -2.42. The van der Waals surface area contributed by atoms with E-state index in [1.165, 1.54) is 11.1 Å². The molecule has 184 valence electrons. The van der Waals surface area contributed by atoms with E-state index in [2.05, 4.69) is 29.6 Å². The van der Waals surface area contributed by atoms with Crippen LogP contribution in [0.5, 0.6) is 0 Å². The lowest BCUT2D eigenvalue weighted by molar-refractivity contribution is -0.152. The van der Waals surface area contributed by atoms with Gasteiger partial charge in [0.15, 0.2) is 0 Å². The molecule has 2 amide bonds. The molecule has 2 aromatic rings. The smallest absolute Gasteiger partial charge is 0.407 e. The molecule has 1 saturated heterocycles. The average molecular weight is 477 g/mol. The van der Waals surface area contributed by atoms with E-state index in [1.54, 1.807) is 11.8 Å². The van der Waals surface area contributed by atoms with Crippen LogP contribution in [0.4, 0.5) is 4.79 Å². The van der Waals surface area contributed by atoms with Crippen LogP contribution in [0.15, 0.2) is 48.5 Å². The van der Waals surface area contributed by atoms with E-state index < -0.39 is 23.5 Å². The lowest BCUT2D eigenvalue weighted by atomic mass is 9.68. The number of ether oxygens (including phenoxy) is 1. The summed E-state index contributed by atoms with van der Waals surface area (Å²) in [4.78, 5) is 39.2. The number of carbonyl (C=O) groups is 3. The molecule has 7 nitrogen and oxygen atoms in total. The Hall–Kier alpha value is -3.35. The molecule has 1 saturated carbocycles. The van der Waals surface area contributed by atoms with E-state index in [9.17, 15) is 19.5 Å². The van der Waals surface area contributed by atoms with Gasteiger partial charge in [0, 0.05) is 31.5 Å². The lowest BCUT2D eigenvalue weighted by Gasteiger charge is -2.34. The van der Waals surface area contributed by atoms with Crippen LogP contribution in [-0.4, -0.2) is 53.7 Å². The Morgan fingerprint density at radius 1 is 1.09 bits per heavy atom. The van der Waals surface area contributed by atoms with Gasteiger partial charge in [-0.1, -0.05) is 61.4 Å². The van der Waals surface area contributed by atoms with E-state index in [0.29, 0.717) is 13.0 Å². The minimum atomic E-state index is -0.808. The third-order valence-corrected chi connectivity index (χ3v) is 8.09. The fraction of sp³-hybridized carbons (Fsp3) is 0.464. The van der Waals surface area contributed by atoms with Gasteiger partial charge < -0.3 is 20.1 Å². The Balaban J connectivity index is 1.15. The van der Waals surface area contributed by atoms with Gasteiger partial charge in [-0.15, -0.1) is 0 Å². The summed E-state index contributed by atoms with van der Waals surface area (Å²) in [6.07, 6.45) is 2.95. The first kappa shape index (κ1) is 23.4. The van der Waals surface area contributed by atoms with Gasteiger partial charge in [0.05, 0.1) is 5.41 Å². The summed E-state index contributed by atoms with van der Waals surface area (Å²) in [5.41, 5.74) is 3.82. The van der Waals surface area contributed by atoms with Crippen molar-refractivity contribution in [2.75, 3.05) is 19.7 Å². The van der Waals surface area contributed by atoms with Gasteiger partial charge >= 0.3 is 12.1 Å². The number of carboxylic acid groups (broad SMARTS) is 1. The number of hydrogen-bond acceptors (Lipinski definition) is 4. The number of nitrogens with zero attached hydrogens (tertiary/aromatic N) is 1. The molecule has 0 aromatic heterocycles. The number of fused-ring (bicyclic) bond motifs is 4. The number of aliphatic carboxylic acids is 1. The zero-order valence-electron chi connectivity index (χ0n) is 20.0. The largest absolute Gasteiger partial charge is 0.481 e. The maximum absolute atomic E-state index is 12.9. The molecule has 3 aliphatic rings. The first-order valence-electron chi connectivity index (χ1n) is 12.5. The van der Waals surface area contributed by atoms with Crippen LogP contribution in [0.25, 0.3) is 11.1 Å². The highest BCUT2D eigenvalue weighted by Gasteiger charge is 2.54. The molecule has 2 aromatic carbocycles. The third kappa shape index (κ3) is 4.28. The highest BCUT2D eigenvalue weighted by Crippen LogP contribution is 2.47. The second-order valence-corrected chi connectivity index (χ2v) is 10.3. The maximum Gasteiger partial charge on any atom is 0.407 e. The fourth-order valence-corrected chi connectivity index (χ4v) is 6.28.